The fraction of sp³-hybridized carbons (Fsp3) is 0.684. The van der Waals surface area contributed by atoms with E-state index in [0.717, 1.165) is 17.1 Å². The third kappa shape index (κ3) is 3.56. The molecule has 0 aliphatic carbocycles. The minimum atomic E-state index is -3.62. The van der Waals surface area contributed by atoms with E-state index >= 15 is 0 Å². The van der Waals surface area contributed by atoms with Crippen LogP contribution >= 0.6 is 7.51 Å². The summed E-state index contributed by atoms with van der Waals surface area (Å²) in [4.78, 5) is 0. The molecular weight excluding hydrogens is 323 g/mol. The summed E-state index contributed by atoms with van der Waals surface area (Å²) >= 11 is 0. The molecule has 0 spiro atoms. The minimum absolute atomic E-state index is 0.0163. The molecule has 0 unspecified atom stereocenters. The summed E-state index contributed by atoms with van der Waals surface area (Å²) in [5, 5.41) is 0. The summed E-state index contributed by atoms with van der Waals surface area (Å²) in [5.74, 6) is 1.49. The maximum absolute atomic E-state index is 6.35. The predicted molar refractivity (Wildman–Crippen MR) is 101 cm³/mol. The van der Waals surface area contributed by atoms with Crippen molar-refractivity contribution in [2.45, 2.75) is 66.2 Å². The summed E-state index contributed by atoms with van der Waals surface area (Å²) in [7, 11) is -3.62. The van der Waals surface area contributed by atoms with E-state index in [1.807, 2.05) is 20.5 Å². The molecule has 24 heavy (non-hydrogen) atoms. The molecular formula is C19H33O4P. The molecule has 0 bridgehead atoms. The molecule has 138 valence electrons. The summed E-state index contributed by atoms with van der Waals surface area (Å²) in [5.41, 5.74) is 2.28. The second-order valence-electron chi connectivity index (χ2n) is 8.55. The van der Waals surface area contributed by atoms with Gasteiger partial charge in [0, 0.05) is 0 Å². The summed E-state index contributed by atoms with van der Waals surface area (Å²) < 4.78 is 24.6. The van der Waals surface area contributed by atoms with E-state index < -0.39 is 7.51 Å². The Morgan fingerprint density at radius 3 is 1.83 bits per heavy atom. The van der Waals surface area contributed by atoms with Crippen LogP contribution in [-0.2, 0) is 19.9 Å². The van der Waals surface area contributed by atoms with Crippen molar-refractivity contribution in [1.82, 2.24) is 0 Å². The van der Waals surface area contributed by atoms with Crippen molar-refractivity contribution in [1.29, 1.82) is 0 Å². The Morgan fingerprint density at radius 2 is 1.42 bits per heavy atom. The van der Waals surface area contributed by atoms with E-state index in [-0.39, 0.29) is 10.8 Å². The number of hydrogen-bond donors (Lipinski definition) is 0. The molecule has 0 radical (unpaired) electrons. The Kier molecular flexibility index (Phi) is 4.76. The van der Waals surface area contributed by atoms with Gasteiger partial charge in [-0.05, 0) is 0 Å². The predicted octanol–water partition coefficient (Wildman–Crippen LogP) is 5.97. The van der Waals surface area contributed by atoms with E-state index in [9.17, 15) is 0 Å². The molecule has 1 aromatic rings. The molecule has 1 aromatic carbocycles. The van der Waals surface area contributed by atoms with Gasteiger partial charge in [0.2, 0.25) is 0 Å². The zero-order chi connectivity index (χ0) is 18.4. The van der Waals surface area contributed by atoms with Crippen LogP contribution in [0.5, 0.6) is 11.5 Å². The third-order valence-electron chi connectivity index (χ3n) is 4.16. The van der Waals surface area contributed by atoms with Crippen LogP contribution in [0.15, 0.2) is 12.1 Å². The van der Waals surface area contributed by atoms with Gasteiger partial charge in [-0.2, -0.15) is 0 Å². The first kappa shape index (κ1) is 19.5. The third-order valence-corrected chi connectivity index (χ3v) is 7.01. The van der Waals surface area contributed by atoms with Crippen molar-refractivity contribution in [3.63, 3.8) is 0 Å². The van der Waals surface area contributed by atoms with Gasteiger partial charge in [0.1, 0.15) is 0 Å². The fourth-order valence-electron chi connectivity index (χ4n) is 2.91. The summed E-state index contributed by atoms with van der Waals surface area (Å²) in [6, 6.07) is 4.30. The fourth-order valence-corrected chi connectivity index (χ4v) is 5.55. The van der Waals surface area contributed by atoms with Gasteiger partial charge in [0.15, 0.2) is 0 Å². The zero-order valence-electron chi connectivity index (χ0n) is 16.6. The number of benzene rings is 1. The molecule has 1 aliphatic heterocycles. The van der Waals surface area contributed by atoms with Crippen LogP contribution < -0.4 is 9.05 Å². The van der Waals surface area contributed by atoms with Gasteiger partial charge >= 0.3 is 146 Å². The van der Waals surface area contributed by atoms with Crippen molar-refractivity contribution < 1.29 is 18.1 Å². The van der Waals surface area contributed by atoms with Gasteiger partial charge in [-0.1, -0.05) is 0 Å². The van der Waals surface area contributed by atoms with E-state index in [0.29, 0.717) is 13.2 Å². The zero-order valence-corrected chi connectivity index (χ0v) is 17.5. The van der Waals surface area contributed by atoms with Crippen LogP contribution in [0, 0.1) is 0 Å². The van der Waals surface area contributed by atoms with Crippen LogP contribution in [-0.4, -0.2) is 19.9 Å². The van der Waals surface area contributed by atoms with Crippen LogP contribution in [0.3, 0.4) is 0 Å². The molecule has 1 heterocycles. The van der Waals surface area contributed by atoms with Gasteiger partial charge in [0.05, 0.1) is 0 Å². The SMILES string of the molecule is CCOP1(C)(OCC)Oc2cc(C(C)(C)C)cc(C(C)(C)C)c2O1. The summed E-state index contributed by atoms with van der Waals surface area (Å²) in [6.07, 6.45) is 0. The maximum atomic E-state index is 6.35. The van der Waals surface area contributed by atoms with Gasteiger partial charge < -0.3 is 0 Å². The molecule has 5 heteroatoms. The Bertz CT molecular complexity index is 619. The van der Waals surface area contributed by atoms with Gasteiger partial charge in [-0.25, -0.2) is 0 Å². The topological polar surface area (TPSA) is 36.9 Å². The number of rotatable bonds is 4. The normalized spacial score (nSPS) is 20.5. The van der Waals surface area contributed by atoms with Crippen molar-refractivity contribution in [2.24, 2.45) is 0 Å². The van der Waals surface area contributed by atoms with Gasteiger partial charge in [0.25, 0.3) is 0 Å². The van der Waals surface area contributed by atoms with Crippen molar-refractivity contribution in [3.05, 3.63) is 23.3 Å². The molecule has 0 amide bonds. The molecule has 2 rings (SSSR count). The van der Waals surface area contributed by atoms with E-state index in [1.54, 1.807) is 0 Å². The Labute approximate surface area is 147 Å². The van der Waals surface area contributed by atoms with Crippen LogP contribution in [0.25, 0.3) is 0 Å². The Morgan fingerprint density at radius 1 is 0.875 bits per heavy atom. The monoisotopic (exact) mass is 356 g/mol. The second-order valence-corrected chi connectivity index (χ2v) is 11.8. The molecule has 0 N–H and O–H groups in total. The molecule has 0 aromatic heterocycles. The second kappa shape index (κ2) is 5.86. The van der Waals surface area contributed by atoms with E-state index in [4.69, 9.17) is 18.1 Å². The molecule has 0 saturated heterocycles. The molecule has 0 saturated carbocycles. The van der Waals surface area contributed by atoms with Crippen molar-refractivity contribution in [2.75, 3.05) is 19.9 Å². The first-order valence-corrected chi connectivity index (χ1v) is 11.1. The molecule has 1 aliphatic rings. The van der Waals surface area contributed by atoms with Gasteiger partial charge in [-0.15, -0.1) is 0 Å². The summed E-state index contributed by atoms with van der Waals surface area (Å²) in [6.45, 7) is 19.8. The standard InChI is InChI=1S/C19H33O4P/c1-10-20-24(9,21-11-2)22-16-13-14(18(3,4)5)12-15(17(16)23-24)19(6,7)8/h12-13H,10-11H2,1-9H3. The van der Waals surface area contributed by atoms with Crippen LogP contribution in [0.4, 0.5) is 0 Å². The molecule has 4 nitrogen and oxygen atoms in total. The van der Waals surface area contributed by atoms with Gasteiger partial charge in [-0.3, -0.25) is 0 Å². The Hall–Kier alpha value is -0.830. The van der Waals surface area contributed by atoms with Crippen molar-refractivity contribution in [3.8, 4) is 11.5 Å². The average molecular weight is 356 g/mol. The average Bonchev–Trinajstić information content (AvgIpc) is 2.68. The Balaban J connectivity index is 2.65. The van der Waals surface area contributed by atoms with Crippen LogP contribution in [0.2, 0.25) is 0 Å². The quantitative estimate of drug-likeness (QED) is 0.623. The number of fused-ring (bicyclic) bond motifs is 1. The van der Waals surface area contributed by atoms with Crippen LogP contribution in [0.1, 0.15) is 66.5 Å². The van der Waals surface area contributed by atoms with Crippen molar-refractivity contribution >= 4 is 7.51 Å². The molecule has 0 fully saturated rings. The van der Waals surface area contributed by atoms with E-state index in [1.165, 1.54) is 5.56 Å². The first-order chi connectivity index (χ1) is 10.8. The van der Waals surface area contributed by atoms with E-state index in [2.05, 4.69) is 53.7 Å². The first-order valence-electron chi connectivity index (χ1n) is 8.73. The number of hydrogen-bond acceptors (Lipinski definition) is 4. The molecule has 0 atom stereocenters.